The smallest absolute Gasteiger partial charge is 0.231 e. The summed E-state index contributed by atoms with van der Waals surface area (Å²) in [5.41, 5.74) is 3.09. The van der Waals surface area contributed by atoms with E-state index < -0.39 is 23.4 Å². The second-order valence-corrected chi connectivity index (χ2v) is 10.0. The van der Waals surface area contributed by atoms with E-state index in [0.717, 1.165) is 5.69 Å². The van der Waals surface area contributed by atoms with E-state index in [1.54, 1.807) is 32.4 Å². The number of Topliss-reactive ketones (excluding diaryl/α,β-unsaturated/α-hetero) is 1. The first-order valence-corrected chi connectivity index (χ1v) is 11.9. The van der Waals surface area contributed by atoms with Gasteiger partial charge in [0, 0.05) is 50.1 Å². The number of pyridine rings is 1. The number of benzene rings is 1. The number of para-hydroxylation sites is 1. The third-order valence-corrected chi connectivity index (χ3v) is 6.79. The second-order valence-electron chi connectivity index (χ2n) is 10.0. The maximum atomic E-state index is 13.5. The number of carbonyl (C=O) groups is 3. The molecule has 0 aliphatic heterocycles. The minimum Gasteiger partial charge on any atom is -0.356 e. The van der Waals surface area contributed by atoms with Crippen LogP contribution in [0.2, 0.25) is 0 Å². The molecule has 0 saturated heterocycles. The number of hydrogen-bond acceptors (Lipinski definition) is 5. The quantitative estimate of drug-likeness (QED) is 0.478. The molecule has 186 valence electrons. The fraction of sp³-hybridized carbons (Fsp3) is 0.333. The predicted molar refractivity (Wildman–Crippen MR) is 135 cm³/mol. The van der Waals surface area contributed by atoms with Crippen molar-refractivity contribution in [1.29, 1.82) is 0 Å². The number of nitrogens with zero attached hydrogens (tertiary/aromatic N) is 2. The number of nitrogens with one attached hydrogen (secondary N) is 3. The number of hydrogen-bond donors (Lipinski definition) is 3. The van der Waals surface area contributed by atoms with Crippen LogP contribution in [0.25, 0.3) is 11.3 Å². The van der Waals surface area contributed by atoms with Gasteiger partial charge in [-0.25, -0.2) is 9.37 Å². The van der Waals surface area contributed by atoms with Crippen LogP contribution in [0.4, 0.5) is 21.6 Å². The van der Waals surface area contributed by atoms with Crippen molar-refractivity contribution in [2.45, 2.75) is 32.4 Å². The van der Waals surface area contributed by atoms with E-state index in [9.17, 15) is 18.8 Å². The van der Waals surface area contributed by atoms with Crippen molar-refractivity contribution in [2.75, 3.05) is 24.7 Å². The molecule has 1 unspecified atom stereocenters. The number of alkyl halides is 1. The molecule has 3 aromatic rings. The van der Waals surface area contributed by atoms with Gasteiger partial charge in [0.2, 0.25) is 11.8 Å². The number of halogens is 1. The summed E-state index contributed by atoms with van der Waals surface area (Å²) in [7, 11) is 3.38. The summed E-state index contributed by atoms with van der Waals surface area (Å²) in [6, 6.07) is 13.0. The van der Waals surface area contributed by atoms with Gasteiger partial charge in [-0.1, -0.05) is 18.2 Å². The van der Waals surface area contributed by atoms with E-state index >= 15 is 0 Å². The van der Waals surface area contributed by atoms with Gasteiger partial charge in [-0.05, 0) is 37.6 Å². The lowest BCUT2D eigenvalue weighted by Crippen LogP contribution is -2.43. The Bertz CT molecular complexity index is 1350. The molecule has 9 heteroatoms. The fourth-order valence-electron chi connectivity index (χ4n) is 4.89. The molecule has 2 amide bonds. The van der Waals surface area contributed by atoms with Gasteiger partial charge in [0.1, 0.15) is 12.0 Å². The van der Waals surface area contributed by atoms with Gasteiger partial charge < -0.3 is 20.5 Å². The number of carbonyl (C=O) groups excluding carboxylic acids is 3. The standard InChI is InChI=1S/C27H28FN5O3/c1-27(26(36)33(2)3)13-19-22(20(34)14-27)24(30-16-7-5-4-6-8-16)23(31-19)15-9-10-29-21(11-15)32-25(35)17-12-18(17)28/h4-11,17-18,30-31H,12-14H2,1-3H3,(H,29,32,35)/t17-,18+,27?/m1/s1. The molecule has 3 N–H and O–H groups in total. The third-order valence-electron chi connectivity index (χ3n) is 6.79. The minimum absolute atomic E-state index is 0.0984. The van der Waals surface area contributed by atoms with Crippen LogP contribution >= 0.6 is 0 Å². The van der Waals surface area contributed by atoms with Gasteiger partial charge in [-0.2, -0.15) is 0 Å². The number of aromatic amines is 1. The van der Waals surface area contributed by atoms with Gasteiger partial charge in [0.25, 0.3) is 0 Å². The van der Waals surface area contributed by atoms with Gasteiger partial charge >= 0.3 is 0 Å². The average molecular weight is 490 g/mol. The molecule has 2 aliphatic rings. The Balaban J connectivity index is 1.56. The zero-order valence-electron chi connectivity index (χ0n) is 20.4. The van der Waals surface area contributed by atoms with Gasteiger partial charge in [0.05, 0.1) is 28.3 Å². The van der Waals surface area contributed by atoms with Crippen LogP contribution in [0.5, 0.6) is 0 Å². The van der Waals surface area contributed by atoms with Gasteiger partial charge in [-0.3, -0.25) is 14.4 Å². The molecule has 1 aromatic carbocycles. The van der Waals surface area contributed by atoms with Crippen LogP contribution in [0, 0.1) is 11.3 Å². The molecule has 1 saturated carbocycles. The van der Waals surface area contributed by atoms with E-state index in [1.165, 1.54) is 4.90 Å². The van der Waals surface area contributed by atoms with Crippen LogP contribution in [0.1, 0.15) is 35.8 Å². The largest absolute Gasteiger partial charge is 0.356 e. The Morgan fingerprint density at radius 1 is 1.17 bits per heavy atom. The Hall–Kier alpha value is -4.01. The topological polar surface area (TPSA) is 107 Å². The summed E-state index contributed by atoms with van der Waals surface area (Å²) in [5, 5.41) is 6.06. The molecule has 0 bridgehead atoms. The molecule has 3 atom stereocenters. The van der Waals surface area contributed by atoms with Crippen molar-refractivity contribution >= 4 is 34.8 Å². The summed E-state index contributed by atoms with van der Waals surface area (Å²) in [6.45, 7) is 1.82. The molecule has 0 radical (unpaired) electrons. The number of amides is 2. The Morgan fingerprint density at radius 3 is 2.56 bits per heavy atom. The number of rotatable bonds is 6. The highest BCUT2D eigenvalue weighted by atomic mass is 19.1. The zero-order valence-corrected chi connectivity index (χ0v) is 20.4. The first-order chi connectivity index (χ1) is 17.2. The SMILES string of the molecule is CN(C)C(=O)C1(C)CC(=O)c2c([nH]c(-c3ccnc(NC(=O)[C@@H]4C[C@@H]4F)c3)c2Nc2ccccc2)C1. The highest BCUT2D eigenvalue weighted by Gasteiger charge is 2.45. The van der Waals surface area contributed by atoms with E-state index in [4.69, 9.17) is 0 Å². The molecule has 2 heterocycles. The summed E-state index contributed by atoms with van der Waals surface area (Å²) in [6.07, 6.45) is 1.16. The Labute approximate surface area is 208 Å². The summed E-state index contributed by atoms with van der Waals surface area (Å²) >= 11 is 0. The first kappa shape index (κ1) is 23.7. The summed E-state index contributed by atoms with van der Waals surface area (Å²) in [4.78, 5) is 47.8. The Morgan fingerprint density at radius 2 is 1.89 bits per heavy atom. The van der Waals surface area contributed by atoms with Crippen LogP contribution in [0.3, 0.4) is 0 Å². The second kappa shape index (κ2) is 8.89. The van der Waals surface area contributed by atoms with Crippen molar-refractivity contribution in [2.24, 2.45) is 11.3 Å². The number of anilines is 3. The van der Waals surface area contributed by atoms with Gasteiger partial charge in [-0.15, -0.1) is 0 Å². The van der Waals surface area contributed by atoms with E-state index in [2.05, 4.69) is 20.6 Å². The normalized spacial score (nSPS) is 22.5. The van der Waals surface area contributed by atoms with Crippen molar-refractivity contribution in [3.05, 3.63) is 59.9 Å². The predicted octanol–water partition coefficient (Wildman–Crippen LogP) is 4.34. The minimum atomic E-state index is -1.10. The van der Waals surface area contributed by atoms with Crippen LogP contribution < -0.4 is 10.6 Å². The molecule has 5 rings (SSSR count). The molecular weight excluding hydrogens is 461 g/mol. The van der Waals surface area contributed by atoms with E-state index in [1.807, 2.05) is 37.3 Å². The molecule has 0 spiro atoms. The number of aromatic nitrogens is 2. The average Bonchev–Trinajstić information content (AvgIpc) is 3.48. The maximum absolute atomic E-state index is 13.5. The van der Waals surface area contributed by atoms with Crippen LogP contribution in [0.15, 0.2) is 48.7 Å². The lowest BCUT2D eigenvalue weighted by Gasteiger charge is -2.33. The highest BCUT2D eigenvalue weighted by Crippen LogP contribution is 2.44. The lowest BCUT2D eigenvalue weighted by atomic mass is 9.73. The van der Waals surface area contributed by atoms with Gasteiger partial charge in [0.15, 0.2) is 5.78 Å². The molecule has 36 heavy (non-hydrogen) atoms. The zero-order chi connectivity index (χ0) is 25.6. The van der Waals surface area contributed by atoms with Crippen LogP contribution in [-0.2, 0) is 16.0 Å². The maximum Gasteiger partial charge on any atom is 0.231 e. The monoisotopic (exact) mass is 489 g/mol. The first-order valence-electron chi connectivity index (χ1n) is 11.9. The third kappa shape index (κ3) is 4.36. The van der Waals surface area contributed by atoms with Crippen molar-refractivity contribution < 1.29 is 18.8 Å². The molecule has 2 aromatic heterocycles. The summed E-state index contributed by atoms with van der Waals surface area (Å²) < 4.78 is 13.3. The molecule has 8 nitrogen and oxygen atoms in total. The fourth-order valence-corrected chi connectivity index (χ4v) is 4.89. The van der Waals surface area contributed by atoms with Crippen molar-refractivity contribution in [3.63, 3.8) is 0 Å². The van der Waals surface area contributed by atoms with E-state index in [0.29, 0.717) is 40.4 Å². The van der Waals surface area contributed by atoms with E-state index in [-0.39, 0.29) is 24.5 Å². The number of fused-ring (bicyclic) bond motifs is 1. The number of ketones is 1. The number of H-pyrrole nitrogens is 1. The highest BCUT2D eigenvalue weighted by molar-refractivity contribution is 6.10. The Kier molecular flexibility index (Phi) is 5.86. The molecule has 2 aliphatic carbocycles. The van der Waals surface area contributed by atoms with Crippen molar-refractivity contribution in [3.8, 4) is 11.3 Å². The molecule has 1 fully saturated rings. The lowest BCUT2D eigenvalue weighted by molar-refractivity contribution is -0.138. The van der Waals surface area contributed by atoms with Crippen molar-refractivity contribution in [1.82, 2.24) is 14.9 Å². The van der Waals surface area contributed by atoms with Crippen LogP contribution in [-0.4, -0.2) is 52.7 Å². The molecular formula is C27H28FN5O3. The summed E-state index contributed by atoms with van der Waals surface area (Å²) in [5.74, 6) is -0.953.